The number of carbonyl (C=O) groups is 1. The smallest absolute Gasteiger partial charge is 0.296 e. The number of amides is 1. The van der Waals surface area contributed by atoms with E-state index in [1.165, 1.54) is 4.68 Å². The Bertz CT molecular complexity index is 1690. The van der Waals surface area contributed by atoms with Crippen LogP contribution in [0.3, 0.4) is 0 Å². The number of para-hydroxylation sites is 1. The van der Waals surface area contributed by atoms with Crippen molar-refractivity contribution in [2.75, 3.05) is 18.6 Å². The molecular formula is C28H25ClN4O3. The van der Waals surface area contributed by atoms with Crippen LogP contribution in [0.5, 0.6) is 5.75 Å². The molecule has 0 atom stereocenters. The minimum absolute atomic E-state index is 0.172. The number of fused-ring (bicyclic) bond motifs is 3. The van der Waals surface area contributed by atoms with Crippen molar-refractivity contribution >= 4 is 45.0 Å². The van der Waals surface area contributed by atoms with Gasteiger partial charge in [0.15, 0.2) is 5.69 Å². The van der Waals surface area contributed by atoms with Gasteiger partial charge in [-0.05, 0) is 50.2 Å². The maximum Gasteiger partial charge on any atom is 0.296 e. The number of hydrogen-bond donors (Lipinski definition) is 0. The maximum atomic E-state index is 14.2. The summed E-state index contributed by atoms with van der Waals surface area (Å²) in [6.45, 7) is 4.18. The van der Waals surface area contributed by atoms with Gasteiger partial charge in [-0.1, -0.05) is 47.5 Å². The van der Waals surface area contributed by atoms with Crippen LogP contribution in [0.4, 0.5) is 5.69 Å². The summed E-state index contributed by atoms with van der Waals surface area (Å²) in [5, 5.41) is 6.44. The number of anilines is 1. The van der Waals surface area contributed by atoms with Crippen molar-refractivity contribution in [1.29, 1.82) is 0 Å². The van der Waals surface area contributed by atoms with Gasteiger partial charge in [-0.3, -0.25) is 9.59 Å². The molecule has 0 radical (unpaired) electrons. The van der Waals surface area contributed by atoms with Gasteiger partial charge in [-0.15, -0.1) is 0 Å². The van der Waals surface area contributed by atoms with E-state index in [2.05, 4.69) is 5.10 Å². The molecule has 182 valence electrons. The van der Waals surface area contributed by atoms with Crippen LogP contribution in [0.25, 0.3) is 27.5 Å². The van der Waals surface area contributed by atoms with E-state index in [9.17, 15) is 9.59 Å². The summed E-state index contributed by atoms with van der Waals surface area (Å²) in [6.07, 6.45) is 0. The molecule has 0 bridgehead atoms. The van der Waals surface area contributed by atoms with E-state index in [-0.39, 0.29) is 17.2 Å². The first kappa shape index (κ1) is 23.6. The minimum Gasteiger partial charge on any atom is -0.495 e. The summed E-state index contributed by atoms with van der Waals surface area (Å²) in [5.41, 5.74) is 3.28. The first-order chi connectivity index (χ1) is 17.3. The summed E-state index contributed by atoms with van der Waals surface area (Å²) in [4.78, 5) is 29.5. The van der Waals surface area contributed by atoms with Crippen molar-refractivity contribution in [2.45, 2.75) is 13.8 Å². The molecule has 36 heavy (non-hydrogen) atoms. The molecule has 5 aromatic rings. The molecule has 2 heterocycles. The number of ether oxygens (including phenoxy) is 1. The van der Waals surface area contributed by atoms with E-state index in [4.69, 9.17) is 16.3 Å². The molecule has 0 saturated carbocycles. The number of rotatable bonds is 5. The molecule has 0 N–H and O–H groups in total. The number of hydrogen-bond acceptors (Lipinski definition) is 4. The fourth-order valence-electron chi connectivity index (χ4n) is 4.61. The van der Waals surface area contributed by atoms with Crippen LogP contribution in [0.15, 0.2) is 71.5 Å². The van der Waals surface area contributed by atoms with Gasteiger partial charge >= 0.3 is 0 Å². The van der Waals surface area contributed by atoms with Crippen LogP contribution in [0, 0.1) is 6.92 Å². The Morgan fingerprint density at radius 2 is 1.81 bits per heavy atom. The highest BCUT2D eigenvalue weighted by molar-refractivity contribution is 6.31. The number of halogens is 1. The summed E-state index contributed by atoms with van der Waals surface area (Å²) in [5.74, 6) is 0.149. The van der Waals surface area contributed by atoms with E-state index < -0.39 is 0 Å². The molecule has 0 aliphatic carbocycles. The zero-order valence-electron chi connectivity index (χ0n) is 20.4. The molecule has 1 amide bonds. The lowest BCUT2D eigenvalue weighted by molar-refractivity contribution is 0.0983. The Labute approximate surface area is 213 Å². The molecule has 0 fully saturated rings. The van der Waals surface area contributed by atoms with E-state index in [0.717, 1.165) is 16.5 Å². The van der Waals surface area contributed by atoms with Gasteiger partial charge in [0.2, 0.25) is 0 Å². The second-order valence-corrected chi connectivity index (χ2v) is 9.00. The average Bonchev–Trinajstić information content (AvgIpc) is 3.19. The molecule has 2 aromatic heterocycles. The van der Waals surface area contributed by atoms with Crippen LogP contribution in [0.1, 0.15) is 23.0 Å². The number of methoxy groups -OCH3 is 1. The van der Waals surface area contributed by atoms with Crippen molar-refractivity contribution in [3.63, 3.8) is 0 Å². The van der Waals surface area contributed by atoms with Crippen LogP contribution < -0.4 is 15.2 Å². The topological polar surface area (TPSA) is 69.4 Å². The molecule has 0 aliphatic heterocycles. The zero-order valence-corrected chi connectivity index (χ0v) is 21.2. The zero-order chi connectivity index (χ0) is 25.6. The lowest BCUT2D eigenvalue weighted by Crippen LogP contribution is -2.34. The standard InChI is InChI=1S/C28H25ClN4O3/c1-5-32(22-16-18(29)12-15-23(22)36-4)27(34)25-24-20-8-6-7-9-21(20)31(3)26(24)28(35)33(30-25)19-13-10-17(2)11-14-19/h6-16H,5H2,1-4H3. The molecule has 0 unspecified atom stereocenters. The average molecular weight is 501 g/mol. The maximum absolute atomic E-state index is 14.2. The van der Waals surface area contributed by atoms with Gasteiger partial charge in [-0.2, -0.15) is 9.78 Å². The highest BCUT2D eigenvalue weighted by Crippen LogP contribution is 2.34. The van der Waals surface area contributed by atoms with Crippen molar-refractivity contribution < 1.29 is 9.53 Å². The van der Waals surface area contributed by atoms with E-state index in [0.29, 0.717) is 39.6 Å². The Hall–Kier alpha value is -4.10. The third-order valence-corrected chi connectivity index (χ3v) is 6.65. The molecule has 7 nitrogen and oxygen atoms in total. The van der Waals surface area contributed by atoms with Crippen molar-refractivity contribution in [1.82, 2.24) is 14.3 Å². The third-order valence-electron chi connectivity index (χ3n) is 6.41. The second kappa shape index (κ2) is 9.17. The molecule has 8 heteroatoms. The first-order valence-corrected chi connectivity index (χ1v) is 12.0. The summed E-state index contributed by atoms with van der Waals surface area (Å²) in [7, 11) is 3.38. The minimum atomic E-state index is -0.361. The largest absolute Gasteiger partial charge is 0.495 e. The molecular weight excluding hydrogens is 476 g/mol. The highest BCUT2D eigenvalue weighted by Gasteiger charge is 2.28. The number of benzene rings is 3. The Balaban J connectivity index is 1.85. The van der Waals surface area contributed by atoms with Gasteiger partial charge < -0.3 is 14.2 Å². The predicted molar refractivity (Wildman–Crippen MR) is 144 cm³/mol. The van der Waals surface area contributed by atoms with Crippen LogP contribution >= 0.6 is 11.6 Å². The third kappa shape index (κ3) is 3.72. The normalized spacial score (nSPS) is 11.2. The Kier molecular flexibility index (Phi) is 6.02. The highest BCUT2D eigenvalue weighted by atomic mass is 35.5. The number of nitrogens with zero attached hydrogens (tertiary/aromatic N) is 4. The van der Waals surface area contributed by atoms with Gasteiger partial charge in [0.25, 0.3) is 11.5 Å². The lowest BCUT2D eigenvalue weighted by atomic mass is 10.1. The summed E-state index contributed by atoms with van der Waals surface area (Å²) in [6, 6.07) is 20.2. The van der Waals surface area contributed by atoms with Crippen LogP contribution in [-0.4, -0.2) is 33.9 Å². The summed E-state index contributed by atoms with van der Waals surface area (Å²) >= 11 is 6.28. The monoisotopic (exact) mass is 500 g/mol. The molecule has 3 aromatic carbocycles. The van der Waals surface area contributed by atoms with E-state index >= 15 is 0 Å². The SMILES string of the molecule is CCN(C(=O)c1nn(-c2ccc(C)cc2)c(=O)c2c1c1ccccc1n2C)c1cc(Cl)ccc1OC. The molecule has 0 saturated heterocycles. The number of carbonyl (C=O) groups excluding carboxylic acids is 1. The lowest BCUT2D eigenvalue weighted by Gasteiger charge is -2.23. The number of aryl methyl sites for hydroxylation is 2. The van der Waals surface area contributed by atoms with Crippen molar-refractivity contribution in [2.24, 2.45) is 7.05 Å². The van der Waals surface area contributed by atoms with Crippen molar-refractivity contribution in [3.8, 4) is 11.4 Å². The molecule has 0 spiro atoms. The van der Waals surface area contributed by atoms with Gasteiger partial charge in [0.1, 0.15) is 11.3 Å². The van der Waals surface area contributed by atoms with E-state index in [1.807, 2.05) is 74.0 Å². The Morgan fingerprint density at radius 3 is 2.50 bits per heavy atom. The van der Waals surface area contributed by atoms with Crippen LogP contribution in [-0.2, 0) is 7.05 Å². The van der Waals surface area contributed by atoms with Gasteiger partial charge in [-0.25, -0.2) is 0 Å². The molecule has 0 aliphatic rings. The second-order valence-electron chi connectivity index (χ2n) is 8.57. The Morgan fingerprint density at radius 1 is 1.08 bits per heavy atom. The van der Waals surface area contributed by atoms with Gasteiger partial charge in [0, 0.05) is 34.9 Å². The van der Waals surface area contributed by atoms with Gasteiger partial charge in [0.05, 0.1) is 18.5 Å². The van der Waals surface area contributed by atoms with Crippen molar-refractivity contribution in [3.05, 3.63) is 93.4 Å². The molecule has 5 rings (SSSR count). The van der Waals surface area contributed by atoms with Crippen LogP contribution in [0.2, 0.25) is 5.02 Å². The fraction of sp³-hybridized carbons (Fsp3) is 0.179. The number of aromatic nitrogens is 3. The summed E-state index contributed by atoms with van der Waals surface area (Å²) < 4.78 is 8.65. The predicted octanol–water partition coefficient (Wildman–Crippen LogP) is 5.51. The van der Waals surface area contributed by atoms with E-state index in [1.54, 1.807) is 30.2 Å². The quantitative estimate of drug-likeness (QED) is 0.319. The fourth-order valence-corrected chi connectivity index (χ4v) is 4.78. The first-order valence-electron chi connectivity index (χ1n) is 11.6.